The van der Waals surface area contributed by atoms with Crippen LogP contribution in [0.5, 0.6) is 0 Å². The van der Waals surface area contributed by atoms with Crippen LogP contribution in [0.25, 0.3) is 0 Å². The number of unbranched alkanes of at least 4 members (excludes halogenated alkanes) is 1. The summed E-state index contributed by atoms with van der Waals surface area (Å²) in [6, 6.07) is 28.5. The number of aliphatic carboxylic acids is 2. The van der Waals surface area contributed by atoms with Crippen LogP contribution in [-0.4, -0.2) is 61.3 Å². The molecule has 7 N–H and O–H groups in total. The molecule has 3 aromatic rings. The molecule has 0 saturated carbocycles. The van der Waals surface area contributed by atoms with Gasteiger partial charge in [-0.2, -0.15) is 26.3 Å². The molecule has 0 aliphatic carbocycles. The first-order chi connectivity index (χ1) is 23.5. The fraction of sp³-hybridized carbons (Fsp3) is 0.353. The molecule has 2 atom stereocenters. The van der Waals surface area contributed by atoms with Gasteiger partial charge in [0.1, 0.15) is 18.5 Å². The SMILES string of the molecule is O=C([O-])C(F)(F)F.O=C([O-])C(F)(F)F.[NH3+][C@@H](CCCCNC(=O)[C@@H]1Cc2ccccc2C[NH2+]1)C(=O)NCC(c1ccccc1)c1ccccc1. The smallest absolute Gasteiger partial charge is 0.430 e. The molecule has 0 bridgehead atoms. The van der Waals surface area contributed by atoms with Crippen molar-refractivity contribution >= 4 is 23.8 Å². The second-order valence-corrected chi connectivity index (χ2v) is 11.2. The number of carboxylic acid groups (broad SMARTS) is 2. The van der Waals surface area contributed by atoms with Crippen LogP contribution >= 0.6 is 0 Å². The van der Waals surface area contributed by atoms with Gasteiger partial charge in [-0.05, 0) is 29.5 Å². The fourth-order valence-corrected chi connectivity index (χ4v) is 4.88. The number of quaternary nitrogens is 2. The maximum atomic E-state index is 12.7. The molecule has 10 nitrogen and oxygen atoms in total. The Morgan fingerprint density at radius 3 is 1.68 bits per heavy atom. The van der Waals surface area contributed by atoms with Crippen molar-refractivity contribution in [2.45, 2.75) is 62.6 Å². The molecular formula is C34H38F6N4O6. The topological polar surface area (TPSA) is 183 Å². The summed E-state index contributed by atoms with van der Waals surface area (Å²) in [4.78, 5) is 42.9. The Kier molecular flexibility index (Phi) is 16.4. The van der Waals surface area contributed by atoms with Crippen molar-refractivity contribution in [2.24, 2.45) is 0 Å². The van der Waals surface area contributed by atoms with Crippen molar-refractivity contribution < 1.29 is 66.8 Å². The van der Waals surface area contributed by atoms with Crippen LogP contribution in [0.4, 0.5) is 26.3 Å². The van der Waals surface area contributed by atoms with Crippen molar-refractivity contribution in [3.63, 3.8) is 0 Å². The lowest BCUT2D eigenvalue weighted by Crippen LogP contribution is -2.93. The lowest BCUT2D eigenvalue weighted by molar-refractivity contribution is -0.695. The number of nitrogens with one attached hydrogen (secondary N) is 2. The largest absolute Gasteiger partial charge is 0.542 e. The van der Waals surface area contributed by atoms with E-state index in [0.717, 1.165) is 25.8 Å². The molecule has 1 aliphatic rings. The summed E-state index contributed by atoms with van der Waals surface area (Å²) < 4.78 is 63.1. The van der Waals surface area contributed by atoms with Gasteiger partial charge in [0, 0.05) is 37.4 Å². The number of alkyl halides is 6. The Labute approximate surface area is 284 Å². The van der Waals surface area contributed by atoms with Gasteiger partial charge in [-0.15, -0.1) is 0 Å². The van der Waals surface area contributed by atoms with E-state index in [9.17, 15) is 35.9 Å². The van der Waals surface area contributed by atoms with E-state index in [1.54, 1.807) is 0 Å². The monoisotopic (exact) mass is 712 g/mol. The number of halogens is 6. The summed E-state index contributed by atoms with van der Waals surface area (Å²) in [5.41, 5.74) is 9.03. The molecule has 3 aromatic carbocycles. The van der Waals surface area contributed by atoms with Crippen molar-refractivity contribution in [3.05, 3.63) is 107 Å². The molecule has 0 saturated heterocycles. The highest BCUT2D eigenvalue weighted by atomic mass is 19.4. The maximum Gasteiger partial charge on any atom is 0.430 e. The minimum atomic E-state index is -5.19. The number of benzene rings is 3. The minimum Gasteiger partial charge on any atom is -0.542 e. The normalized spacial score (nSPS) is 14.4. The average molecular weight is 713 g/mol. The Morgan fingerprint density at radius 1 is 0.740 bits per heavy atom. The average Bonchev–Trinajstić information content (AvgIpc) is 3.08. The number of fused-ring (bicyclic) bond motifs is 1. The molecule has 0 unspecified atom stereocenters. The van der Waals surface area contributed by atoms with Crippen molar-refractivity contribution in [2.75, 3.05) is 13.1 Å². The molecule has 16 heteroatoms. The van der Waals surface area contributed by atoms with E-state index < -0.39 is 24.3 Å². The van der Waals surface area contributed by atoms with Gasteiger partial charge in [0.2, 0.25) is 0 Å². The van der Waals surface area contributed by atoms with Gasteiger partial charge < -0.3 is 41.5 Å². The summed E-state index contributed by atoms with van der Waals surface area (Å²) >= 11 is 0. The molecule has 0 aromatic heterocycles. The van der Waals surface area contributed by atoms with Crippen LogP contribution in [0, 0.1) is 0 Å². The first-order valence-electron chi connectivity index (χ1n) is 15.5. The fourth-order valence-electron chi connectivity index (χ4n) is 4.88. The van der Waals surface area contributed by atoms with E-state index in [2.05, 4.69) is 58.1 Å². The summed E-state index contributed by atoms with van der Waals surface area (Å²) in [5.74, 6) is -5.84. The minimum absolute atomic E-state index is 0.0219. The summed E-state index contributed by atoms with van der Waals surface area (Å²) in [7, 11) is 0. The van der Waals surface area contributed by atoms with Crippen molar-refractivity contribution in [3.8, 4) is 0 Å². The molecule has 0 radical (unpaired) electrons. The maximum absolute atomic E-state index is 12.7. The number of hydrogen-bond donors (Lipinski definition) is 4. The molecule has 272 valence electrons. The number of carboxylic acids is 2. The van der Waals surface area contributed by atoms with Gasteiger partial charge >= 0.3 is 12.4 Å². The third-order valence-corrected chi connectivity index (χ3v) is 7.51. The predicted molar refractivity (Wildman–Crippen MR) is 163 cm³/mol. The number of amides is 2. The standard InChI is InChI=1S/C30H36N4O2.2C2HF3O2/c31-27(17-9-10-18-32-30(36)28-19-24-15-7-8-16-25(24)20-33-28)29(35)34-21-26(22-11-3-1-4-12-22)23-13-5-2-6-14-23;2*3-2(4,5)1(6)7/h1-8,11-16,26-28,33H,9-10,17-21,31H2,(H,32,36)(H,34,35);2*(H,6,7)/t27-,28-;;/m0../s1. The van der Waals surface area contributed by atoms with E-state index in [4.69, 9.17) is 19.8 Å². The Balaban J connectivity index is 0.000000521. The third kappa shape index (κ3) is 14.7. The van der Waals surface area contributed by atoms with E-state index >= 15 is 0 Å². The molecule has 1 heterocycles. The van der Waals surface area contributed by atoms with Gasteiger partial charge in [-0.1, -0.05) is 84.9 Å². The number of carbonyl (C=O) groups excluding carboxylic acids is 4. The van der Waals surface area contributed by atoms with Crippen LogP contribution in [0.2, 0.25) is 0 Å². The second kappa shape index (κ2) is 19.9. The first kappa shape index (κ1) is 41.2. The zero-order valence-corrected chi connectivity index (χ0v) is 26.8. The van der Waals surface area contributed by atoms with Gasteiger partial charge in [-0.3, -0.25) is 9.59 Å². The summed E-state index contributed by atoms with van der Waals surface area (Å²) in [6.45, 7) is 2.02. The zero-order chi connectivity index (χ0) is 37.3. The summed E-state index contributed by atoms with van der Waals surface area (Å²) in [5, 5.41) is 25.9. The van der Waals surface area contributed by atoms with Gasteiger partial charge in [0.15, 0.2) is 12.1 Å². The molecular weight excluding hydrogens is 674 g/mol. The lowest BCUT2D eigenvalue weighted by atomic mass is 9.91. The quantitative estimate of drug-likeness (QED) is 0.162. The van der Waals surface area contributed by atoms with E-state index in [-0.39, 0.29) is 29.8 Å². The molecule has 0 fully saturated rings. The predicted octanol–water partition coefficient (Wildman–Crippen LogP) is 0.117. The van der Waals surface area contributed by atoms with Gasteiger partial charge in [0.05, 0.1) is 0 Å². The highest BCUT2D eigenvalue weighted by molar-refractivity contribution is 5.81. The molecule has 1 aliphatic heterocycles. The highest BCUT2D eigenvalue weighted by Crippen LogP contribution is 2.23. The molecule has 50 heavy (non-hydrogen) atoms. The number of rotatable bonds is 11. The van der Waals surface area contributed by atoms with Crippen LogP contribution in [0.3, 0.4) is 0 Å². The van der Waals surface area contributed by atoms with E-state index in [1.165, 1.54) is 22.3 Å². The van der Waals surface area contributed by atoms with Gasteiger partial charge in [0.25, 0.3) is 11.8 Å². The summed E-state index contributed by atoms with van der Waals surface area (Å²) in [6.07, 6.45) is -7.23. The Bertz CT molecular complexity index is 1460. The lowest BCUT2D eigenvalue weighted by Gasteiger charge is -2.22. The van der Waals surface area contributed by atoms with Crippen molar-refractivity contribution in [1.29, 1.82) is 0 Å². The van der Waals surface area contributed by atoms with Crippen LogP contribution < -0.4 is 31.9 Å². The van der Waals surface area contributed by atoms with Crippen LogP contribution in [0.1, 0.15) is 47.4 Å². The van der Waals surface area contributed by atoms with Crippen LogP contribution in [-0.2, 0) is 32.1 Å². The van der Waals surface area contributed by atoms with E-state index in [1.807, 2.05) is 48.5 Å². The molecule has 0 spiro atoms. The van der Waals surface area contributed by atoms with E-state index in [0.29, 0.717) is 19.5 Å². The highest BCUT2D eigenvalue weighted by Gasteiger charge is 2.30. The van der Waals surface area contributed by atoms with Gasteiger partial charge in [-0.25, -0.2) is 0 Å². The molecule has 4 rings (SSSR count). The second-order valence-electron chi connectivity index (χ2n) is 11.2. The Hall–Kier alpha value is -4.96. The van der Waals surface area contributed by atoms with Crippen molar-refractivity contribution in [1.82, 2.24) is 10.6 Å². The molecule has 2 amide bonds. The number of nitrogens with two attached hydrogens (primary N) is 1. The number of hydrogen-bond acceptors (Lipinski definition) is 6. The Morgan fingerprint density at radius 2 is 1.20 bits per heavy atom. The number of carbonyl (C=O) groups is 4. The third-order valence-electron chi connectivity index (χ3n) is 7.51. The zero-order valence-electron chi connectivity index (χ0n) is 26.8. The first-order valence-corrected chi connectivity index (χ1v) is 15.5. The van der Waals surface area contributed by atoms with Crippen LogP contribution in [0.15, 0.2) is 84.9 Å².